The highest BCUT2D eigenvalue weighted by atomic mass is 32.2. The summed E-state index contributed by atoms with van der Waals surface area (Å²) < 4.78 is 33.4. The molecule has 1 saturated heterocycles. The second-order valence-corrected chi connectivity index (χ2v) is 8.34. The Morgan fingerprint density at radius 2 is 2.08 bits per heavy atom. The van der Waals surface area contributed by atoms with Crippen molar-refractivity contribution < 1.29 is 32.6 Å². The number of benzene rings is 1. The summed E-state index contributed by atoms with van der Waals surface area (Å²) in [7, 11) is -1.71. The Morgan fingerprint density at radius 3 is 2.58 bits per heavy atom. The highest BCUT2D eigenvalue weighted by Crippen LogP contribution is 2.25. The normalized spacial score (nSPS) is 19.6. The number of methoxy groups -OCH3 is 1. The molecule has 9 heteroatoms. The minimum atomic E-state index is -3.13. The van der Waals surface area contributed by atoms with Crippen LogP contribution in [-0.4, -0.2) is 67.6 Å². The number of hydrogen-bond acceptors (Lipinski definition) is 7. The van der Waals surface area contributed by atoms with Gasteiger partial charge < -0.3 is 19.5 Å². The van der Waals surface area contributed by atoms with Gasteiger partial charge in [0, 0.05) is 18.7 Å². The van der Waals surface area contributed by atoms with Crippen LogP contribution in [0.15, 0.2) is 18.2 Å². The van der Waals surface area contributed by atoms with E-state index in [4.69, 9.17) is 9.47 Å². The van der Waals surface area contributed by atoms with E-state index in [1.165, 1.54) is 37.1 Å². The first-order valence-corrected chi connectivity index (χ1v) is 10.1. The summed E-state index contributed by atoms with van der Waals surface area (Å²) in [5, 5.41) is 9.89. The van der Waals surface area contributed by atoms with Gasteiger partial charge >= 0.3 is 5.97 Å². The van der Waals surface area contributed by atoms with Crippen LogP contribution in [0, 0.1) is 0 Å². The van der Waals surface area contributed by atoms with Gasteiger partial charge in [0.15, 0.2) is 15.9 Å². The number of phenols is 1. The molecule has 1 amide bonds. The third kappa shape index (κ3) is 4.46. The van der Waals surface area contributed by atoms with E-state index in [1.807, 2.05) is 0 Å². The SMILES string of the molecule is CCN(C(=O)[C@H](C)OC(=O)c1ccc(OC)cc1O)[C@@H]1CCS(=O)(=O)C1. The first-order valence-electron chi connectivity index (χ1n) is 8.27. The molecule has 1 fully saturated rings. The van der Waals surface area contributed by atoms with Gasteiger partial charge in [0.05, 0.1) is 18.6 Å². The van der Waals surface area contributed by atoms with Crippen LogP contribution in [0.3, 0.4) is 0 Å². The van der Waals surface area contributed by atoms with E-state index in [-0.39, 0.29) is 22.8 Å². The summed E-state index contributed by atoms with van der Waals surface area (Å²) in [4.78, 5) is 26.2. The Kier molecular flexibility index (Phi) is 6.12. The monoisotopic (exact) mass is 385 g/mol. The number of hydrogen-bond donors (Lipinski definition) is 1. The zero-order chi connectivity index (χ0) is 19.5. The van der Waals surface area contributed by atoms with Gasteiger partial charge in [-0.2, -0.15) is 0 Å². The predicted octanol–water partition coefficient (Wildman–Crippen LogP) is 0.982. The topological polar surface area (TPSA) is 110 Å². The Bertz CT molecular complexity index is 790. The fraction of sp³-hybridized carbons (Fsp3) is 0.529. The van der Waals surface area contributed by atoms with Gasteiger partial charge in [0.2, 0.25) is 0 Å². The molecule has 1 heterocycles. The maximum absolute atomic E-state index is 12.6. The highest BCUT2D eigenvalue weighted by Gasteiger charge is 2.36. The number of phenolic OH excluding ortho intramolecular Hbond substituents is 1. The van der Waals surface area contributed by atoms with Gasteiger partial charge in [-0.1, -0.05) is 0 Å². The maximum atomic E-state index is 12.6. The van der Waals surface area contributed by atoms with Crippen LogP contribution in [0.25, 0.3) is 0 Å². The molecule has 1 N–H and O–H groups in total. The van der Waals surface area contributed by atoms with Crippen molar-refractivity contribution in [2.45, 2.75) is 32.4 Å². The van der Waals surface area contributed by atoms with Crippen LogP contribution >= 0.6 is 0 Å². The summed E-state index contributed by atoms with van der Waals surface area (Å²) in [5.74, 6) is -1.27. The molecule has 0 spiro atoms. The molecule has 0 radical (unpaired) electrons. The average molecular weight is 385 g/mol. The molecular weight excluding hydrogens is 362 g/mol. The van der Waals surface area contributed by atoms with Gasteiger partial charge in [-0.25, -0.2) is 13.2 Å². The van der Waals surface area contributed by atoms with E-state index < -0.39 is 33.9 Å². The van der Waals surface area contributed by atoms with Gasteiger partial charge in [-0.3, -0.25) is 4.79 Å². The Balaban J connectivity index is 2.06. The molecule has 1 aliphatic rings. The maximum Gasteiger partial charge on any atom is 0.342 e. The molecular formula is C17H23NO7S. The van der Waals surface area contributed by atoms with Crippen LogP contribution in [0.4, 0.5) is 0 Å². The molecule has 1 aromatic carbocycles. The van der Waals surface area contributed by atoms with Crippen LogP contribution in [-0.2, 0) is 19.4 Å². The summed E-state index contributed by atoms with van der Waals surface area (Å²) in [6, 6.07) is 3.69. The summed E-state index contributed by atoms with van der Waals surface area (Å²) >= 11 is 0. The number of rotatable bonds is 6. The van der Waals surface area contributed by atoms with Crippen LogP contribution in [0.1, 0.15) is 30.6 Å². The van der Waals surface area contributed by atoms with E-state index in [2.05, 4.69) is 0 Å². The number of carbonyl (C=O) groups is 2. The summed E-state index contributed by atoms with van der Waals surface area (Å²) in [6.07, 6.45) is -0.728. The lowest BCUT2D eigenvalue weighted by Crippen LogP contribution is -2.46. The van der Waals surface area contributed by atoms with E-state index in [1.54, 1.807) is 6.92 Å². The highest BCUT2D eigenvalue weighted by molar-refractivity contribution is 7.91. The van der Waals surface area contributed by atoms with Crippen molar-refractivity contribution in [3.05, 3.63) is 23.8 Å². The van der Waals surface area contributed by atoms with Crippen molar-refractivity contribution in [1.29, 1.82) is 0 Å². The number of carbonyl (C=O) groups excluding carboxylic acids is 2. The quantitative estimate of drug-likeness (QED) is 0.727. The summed E-state index contributed by atoms with van der Waals surface area (Å²) in [6.45, 7) is 3.48. The fourth-order valence-corrected chi connectivity index (χ4v) is 4.66. The van der Waals surface area contributed by atoms with Crippen molar-refractivity contribution in [2.24, 2.45) is 0 Å². The Hall–Kier alpha value is -2.29. The molecule has 0 saturated carbocycles. The first kappa shape index (κ1) is 20.0. The second kappa shape index (κ2) is 7.94. The number of likely N-dealkylation sites (N-methyl/N-ethyl adjacent to an activating group) is 1. The van der Waals surface area contributed by atoms with Crippen molar-refractivity contribution in [1.82, 2.24) is 4.90 Å². The minimum Gasteiger partial charge on any atom is -0.507 e. The van der Waals surface area contributed by atoms with Crippen LogP contribution in [0.5, 0.6) is 11.5 Å². The molecule has 26 heavy (non-hydrogen) atoms. The molecule has 2 rings (SSSR count). The fourth-order valence-electron chi connectivity index (χ4n) is 2.93. The number of ether oxygens (including phenoxy) is 2. The number of amides is 1. The third-order valence-corrected chi connectivity index (χ3v) is 6.08. The molecule has 144 valence electrons. The lowest BCUT2D eigenvalue weighted by atomic mass is 10.2. The van der Waals surface area contributed by atoms with Crippen molar-refractivity contribution >= 4 is 21.7 Å². The van der Waals surface area contributed by atoms with Gasteiger partial charge in [-0.15, -0.1) is 0 Å². The van der Waals surface area contributed by atoms with Crippen LogP contribution in [0.2, 0.25) is 0 Å². The zero-order valence-corrected chi connectivity index (χ0v) is 15.8. The minimum absolute atomic E-state index is 0.0509. The Labute approximate surface area is 152 Å². The van der Waals surface area contributed by atoms with E-state index in [9.17, 15) is 23.1 Å². The largest absolute Gasteiger partial charge is 0.507 e. The van der Waals surface area contributed by atoms with Gasteiger partial charge in [0.1, 0.15) is 17.1 Å². The molecule has 2 atom stereocenters. The second-order valence-electron chi connectivity index (χ2n) is 6.11. The van der Waals surface area contributed by atoms with Gasteiger partial charge in [0.25, 0.3) is 5.91 Å². The number of nitrogens with zero attached hydrogens (tertiary/aromatic N) is 1. The third-order valence-electron chi connectivity index (χ3n) is 4.33. The van der Waals surface area contributed by atoms with Crippen molar-refractivity contribution in [3.8, 4) is 11.5 Å². The summed E-state index contributed by atoms with van der Waals surface area (Å²) in [5.41, 5.74) is -0.0862. The molecule has 0 unspecified atom stereocenters. The molecule has 0 aliphatic carbocycles. The number of esters is 1. The lowest BCUT2D eigenvalue weighted by Gasteiger charge is -2.29. The zero-order valence-electron chi connectivity index (χ0n) is 15.0. The first-order chi connectivity index (χ1) is 12.2. The van der Waals surface area contributed by atoms with Gasteiger partial charge in [-0.05, 0) is 32.4 Å². The number of sulfone groups is 1. The predicted molar refractivity (Wildman–Crippen MR) is 94.0 cm³/mol. The van der Waals surface area contributed by atoms with Crippen molar-refractivity contribution in [2.75, 3.05) is 25.2 Å². The van der Waals surface area contributed by atoms with Crippen molar-refractivity contribution in [3.63, 3.8) is 0 Å². The van der Waals surface area contributed by atoms with E-state index in [0.29, 0.717) is 18.7 Å². The van der Waals surface area contributed by atoms with E-state index in [0.717, 1.165) is 0 Å². The molecule has 8 nitrogen and oxygen atoms in total. The molecule has 1 aliphatic heterocycles. The average Bonchev–Trinajstić information content (AvgIpc) is 2.94. The Morgan fingerprint density at radius 1 is 1.38 bits per heavy atom. The smallest absolute Gasteiger partial charge is 0.342 e. The van der Waals surface area contributed by atoms with Crippen LogP contribution < -0.4 is 4.74 Å². The standard InChI is InChI=1S/C17H23NO7S/c1-4-18(12-7-8-26(22,23)10-12)16(20)11(2)25-17(21)14-6-5-13(24-3)9-15(14)19/h5-6,9,11-12,19H,4,7-8,10H2,1-3H3/t11-,12+/m0/s1. The molecule has 1 aromatic rings. The van der Waals surface area contributed by atoms with E-state index >= 15 is 0 Å². The lowest BCUT2D eigenvalue weighted by molar-refractivity contribution is -0.141. The molecule has 0 aromatic heterocycles. The number of aromatic hydroxyl groups is 1. The molecule has 0 bridgehead atoms.